The molecule has 0 heterocycles. The van der Waals surface area contributed by atoms with Crippen molar-refractivity contribution in [1.29, 1.82) is 0 Å². The van der Waals surface area contributed by atoms with Crippen molar-refractivity contribution in [2.24, 2.45) is 5.92 Å². The quantitative estimate of drug-likeness (QED) is 0.748. The molecule has 1 aliphatic carbocycles. The molecule has 1 fully saturated rings. The van der Waals surface area contributed by atoms with Crippen molar-refractivity contribution in [3.8, 4) is 0 Å². The molecule has 0 aliphatic heterocycles. The van der Waals surface area contributed by atoms with E-state index in [9.17, 15) is 4.79 Å². The van der Waals surface area contributed by atoms with E-state index in [2.05, 4.69) is 12.2 Å². The van der Waals surface area contributed by atoms with Crippen LogP contribution < -0.4 is 5.32 Å². The Morgan fingerprint density at radius 1 is 1.43 bits per heavy atom. The lowest BCUT2D eigenvalue weighted by molar-refractivity contribution is 0.0681. The van der Waals surface area contributed by atoms with E-state index in [1.807, 2.05) is 32.2 Å². The van der Waals surface area contributed by atoms with Gasteiger partial charge in [-0.1, -0.05) is 0 Å². The van der Waals surface area contributed by atoms with Crippen molar-refractivity contribution >= 4 is 11.6 Å². The second kappa shape index (κ2) is 7.46. The first-order valence-electron chi connectivity index (χ1n) is 7.79. The molecule has 2 rings (SSSR count). The number of hydrogen-bond acceptors (Lipinski definition) is 3. The minimum atomic E-state index is 0.0520. The first-order chi connectivity index (χ1) is 10.1. The van der Waals surface area contributed by atoms with Gasteiger partial charge in [-0.2, -0.15) is 0 Å². The van der Waals surface area contributed by atoms with Crippen molar-refractivity contribution in [3.63, 3.8) is 0 Å². The van der Waals surface area contributed by atoms with Gasteiger partial charge in [-0.3, -0.25) is 4.79 Å². The summed E-state index contributed by atoms with van der Waals surface area (Å²) in [5.41, 5.74) is 2.92. The van der Waals surface area contributed by atoms with E-state index in [-0.39, 0.29) is 5.91 Å². The minimum absolute atomic E-state index is 0.0520. The van der Waals surface area contributed by atoms with Gasteiger partial charge in [0.25, 0.3) is 5.91 Å². The van der Waals surface area contributed by atoms with Gasteiger partial charge in [0.05, 0.1) is 6.61 Å². The maximum Gasteiger partial charge on any atom is 0.253 e. The van der Waals surface area contributed by atoms with Gasteiger partial charge in [0, 0.05) is 38.0 Å². The molecule has 1 aromatic carbocycles. The number of nitrogens with zero attached hydrogens (tertiary/aromatic N) is 1. The normalized spacial score (nSPS) is 14.0. The van der Waals surface area contributed by atoms with Crippen LogP contribution in [0.5, 0.6) is 0 Å². The lowest BCUT2D eigenvalue weighted by atomic mass is 10.1. The number of anilines is 1. The summed E-state index contributed by atoms with van der Waals surface area (Å²) in [6.07, 6.45) is 2.60. The number of benzene rings is 1. The maximum absolute atomic E-state index is 12.4. The van der Waals surface area contributed by atoms with Crippen LogP contribution in [0.1, 0.15) is 35.7 Å². The predicted octanol–water partition coefficient (Wildman–Crippen LogP) is 2.93. The lowest BCUT2D eigenvalue weighted by Crippen LogP contribution is -2.30. The van der Waals surface area contributed by atoms with Crippen LogP contribution in [0.25, 0.3) is 0 Å². The Morgan fingerprint density at radius 3 is 2.81 bits per heavy atom. The monoisotopic (exact) mass is 290 g/mol. The van der Waals surface area contributed by atoms with Crippen LogP contribution in [0.3, 0.4) is 0 Å². The van der Waals surface area contributed by atoms with E-state index < -0.39 is 0 Å². The number of likely N-dealkylation sites (N-methyl/N-ethyl adjacent to an activating group) is 1. The Bertz CT molecular complexity index is 484. The van der Waals surface area contributed by atoms with E-state index in [4.69, 9.17) is 4.74 Å². The third kappa shape index (κ3) is 4.74. The van der Waals surface area contributed by atoms with Crippen molar-refractivity contribution in [2.75, 3.05) is 38.7 Å². The molecular formula is C17H26N2O2. The highest BCUT2D eigenvalue weighted by Gasteiger charge is 2.21. The van der Waals surface area contributed by atoms with Gasteiger partial charge < -0.3 is 15.0 Å². The molecule has 1 aromatic rings. The number of ether oxygens (including phenoxy) is 1. The predicted molar refractivity (Wildman–Crippen MR) is 85.8 cm³/mol. The Kier molecular flexibility index (Phi) is 5.62. The Balaban J connectivity index is 1.83. The number of hydrogen-bond donors (Lipinski definition) is 1. The zero-order chi connectivity index (χ0) is 15.2. The summed E-state index contributed by atoms with van der Waals surface area (Å²) >= 11 is 0. The van der Waals surface area contributed by atoms with Gasteiger partial charge in [-0.15, -0.1) is 0 Å². The van der Waals surface area contributed by atoms with E-state index in [1.165, 1.54) is 12.8 Å². The third-order valence-corrected chi connectivity index (χ3v) is 3.81. The van der Waals surface area contributed by atoms with E-state index in [0.29, 0.717) is 13.2 Å². The fourth-order valence-corrected chi connectivity index (χ4v) is 2.24. The van der Waals surface area contributed by atoms with Gasteiger partial charge in [-0.25, -0.2) is 0 Å². The highest BCUT2D eigenvalue weighted by molar-refractivity contribution is 5.94. The van der Waals surface area contributed by atoms with Crippen LogP contribution in [0.2, 0.25) is 0 Å². The number of carbonyl (C=O) groups excluding carboxylic acids is 1. The zero-order valence-electron chi connectivity index (χ0n) is 13.3. The molecule has 0 spiro atoms. The number of amides is 1. The SMILES string of the molecule is CCNc1ccc(C(=O)N(C)CCOCC2CC2)cc1C. The van der Waals surface area contributed by atoms with Crippen LogP contribution in [-0.2, 0) is 4.74 Å². The molecule has 116 valence electrons. The molecule has 21 heavy (non-hydrogen) atoms. The summed E-state index contributed by atoms with van der Waals surface area (Å²) in [7, 11) is 1.83. The minimum Gasteiger partial charge on any atom is -0.385 e. The van der Waals surface area contributed by atoms with Crippen LogP contribution in [0, 0.1) is 12.8 Å². The summed E-state index contributed by atoms with van der Waals surface area (Å²) in [6.45, 7) is 7.07. The third-order valence-electron chi connectivity index (χ3n) is 3.81. The zero-order valence-corrected chi connectivity index (χ0v) is 13.3. The summed E-state index contributed by atoms with van der Waals surface area (Å²) in [6, 6.07) is 5.81. The number of aryl methyl sites for hydroxylation is 1. The van der Waals surface area contributed by atoms with Crippen molar-refractivity contribution in [2.45, 2.75) is 26.7 Å². The summed E-state index contributed by atoms with van der Waals surface area (Å²) < 4.78 is 5.59. The van der Waals surface area contributed by atoms with Crippen LogP contribution in [-0.4, -0.2) is 44.2 Å². The molecule has 0 saturated heterocycles. The first-order valence-corrected chi connectivity index (χ1v) is 7.79. The number of rotatable bonds is 8. The van der Waals surface area contributed by atoms with E-state index >= 15 is 0 Å². The van der Waals surface area contributed by atoms with Gasteiger partial charge in [-0.05, 0) is 56.4 Å². The van der Waals surface area contributed by atoms with Gasteiger partial charge in [0.1, 0.15) is 0 Å². The van der Waals surface area contributed by atoms with E-state index in [1.54, 1.807) is 4.90 Å². The smallest absolute Gasteiger partial charge is 0.253 e. The van der Waals surface area contributed by atoms with Crippen molar-refractivity contribution in [3.05, 3.63) is 29.3 Å². The second-order valence-electron chi connectivity index (χ2n) is 5.81. The molecule has 0 atom stereocenters. The standard InChI is InChI=1S/C17H26N2O2/c1-4-18-16-8-7-15(11-13(16)2)17(20)19(3)9-10-21-12-14-5-6-14/h7-8,11,14,18H,4-6,9-10,12H2,1-3H3. The Morgan fingerprint density at radius 2 is 2.19 bits per heavy atom. The first kappa shape index (κ1) is 15.8. The molecule has 4 heteroatoms. The number of nitrogens with one attached hydrogen (secondary N) is 1. The average Bonchev–Trinajstić information content (AvgIpc) is 3.29. The maximum atomic E-state index is 12.4. The molecule has 0 radical (unpaired) electrons. The lowest BCUT2D eigenvalue weighted by Gasteiger charge is -2.18. The Hall–Kier alpha value is -1.55. The van der Waals surface area contributed by atoms with Crippen molar-refractivity contribution in [1.82, 2.24) is 4.90 Å². The molecule has 1 N–H and O–H groups in total. The second-order valence-corrected chi connectivity index (χ2v) is 5.81. The summed E-state index contributed by atoms with van der Waals surface area (Å²) in [4.78, 5) is 14.1. The molecule has 4 nitrogen and oxygen atoms in total. The molecule has 1 amide bonds. The topological polar surface area (TPSA) is 41.6 Å². The largest absolute Gasteiger partial charge is 0.385 e. The highest BCUT2D eigenvalue weighted by atomic mass is 16.5. The van der Waals surface area contributed by atoms with Crippen molar-refractivity contribution < 1.29 is 9.53 Å². The molecular weight excluding hydrogens is 264 g/mol. The van der Waals surface area contributed by atoms with Crippen LogP contribution in [0.4, 0.5) is 5.69 Å². The van der Waals surface area contributed by atoms with E-state index in [0.717, 1.165) is 35.9 Å². The fraction of sp³-hybridized carbons (Fsp3) is 0.588. The average molecular weight is 290 g/mol. The molecule has 0 aromatic heterocycles. The number of carbonyl (C=O) groups is 1. The van der Waals surface area contributed by atoms with Gasteiger partial charge in [0.2, 0.25) is 0 Å². The van der Waals surface area contributed by atoms with Gasteiger partial charge >= 0.3 is 0 Å². The van der Waals surface area contributed by atoms with Crippen LogP contribution in [0.15, 0.2) is 18.2 Å². The van der Waals surface area contributed by atoms with Crippen LogP contribution >= 0.6 is 0 Å². The highest BCUT2D eigenvalue weighted by Crippen LogP contribution is 2.28. The molecule has 0 unspecified atom stereocenters. The summed E-state index contributed by atoms with van der Waals surface area (Å²) in [5, 5.41) is 3.28. The summed E-state index contributed by atoms with van der Waals surface area (Å²) in [5.74, 6) is 0.823. The molecule has 0 bridgehead atoms. The van der Waals surface area contributed by atoms with Gasteiger partial charge in [0.15, 0.2) is 0 Å². The Labute approximate surface area is 127 Å². The fourth-order valence-electron chi connectivity index (χ4n) is 2.24. The molecule has 1 saturated carbocycles. The molecule has 1 aliphatic rings.